The van der Waals surface area contributed by atoms with Gasteiger partial charge in [0.25, 0.3) is 0 Å². The Kier molecular flexibility index (Phi) is 7.55. The van der Waals surface area contributed by atoms with Gasteiger partial charge in [0.15, 0.2) is 0 Å². The van der Waals surface area contributed by atoms with Crippen molar-refractivity contribution in [2.24, 2.45) is 0 Å². The van der Waals surface area contributed by atoms with E-state index in [0.29, 0.717) is 19.1 Å². The molecule has 0 spiro atoms. The number of amides is 1. The van der Waals surface area contributed by atoms with Crippen molar-refractivity contribution in [2.45, 2.75) is 32.9 Å². The molecular formula is C14H20Br2N2O2. The van der Waals surface area contributed by atoms with Gasteiger partial charge in [-0.1, -0.05) is 13.8 Å². The maximum absolute atomic E-state index is 11.2. The summed E-state index contributed by atoms with van der Waals surface area (Å²) in [7, 11) is 1.62. The smallest absolute Gasteiger partial charge is 0.223 e. The third-order valence-electron chi connectivity index (χ3n) is 2.63. The van der Waals surface area contributed by atoms with Crippen LogP contribution in [0.15, 0.2) is 21.1 Å². The van der Waals surface area contributed by atoms with Gasteiger partial charge < -0.3 is 15.4 Å². The molecule has 0 aliphatic heterocycles. The molecule has 1 aromatic rings. The van der Waals surface area contributed by atoms with Gasteiger partial charge in [-0.2, -0.15) is 0 Å². The summed E-state index contributed by atoms with van der Waals surface area (Å²) in [4.78, 5) is 11.2. The van der Waals surface area contributed by atoms with Crippen molar-refractivity contribution in [3.8, 4) is 5.75 Å². The fourth-order valence-corrected chi connectivity index (χ4v) is 3.06. The Balaban J connectivity index is 2.66. The zero-order valence-corrected chi connectivity index (χ0v) is 15.1. The Hall–Kier alpha value is -0.590. The molecule has 20 heavy (non-hydrogen) atoms. The monoisotopic (exact) mass is 406 g/mol. The molecule has 0 aromatic heterocycles. The number of halogens is 2. The average Bonchev–Trinajstić information content (AvgIpc) is 2.39. The van der Waals surface area contributed by atoms with Crippen LogP contribution in [0.25, 0.3) is 0 Å². The number of hydrogen-bond acceptors (Lipinski definition) is 3. The first-order valence-electron chi connectivity index (χ1n) is 6.48. The summed E-state index contributed by atoms with van der Waals surface area (Å²) in [6.07, 6.45) is 0.339. The predicted octanol–water partition coefficient (Wildman–Crippen LogP) is 3.22. The number of ether oxygens (including phenoxy) is 1. The molecule has 2 N–H and O–H groups in total. The quantitative estimate of drug-likeness (QED) is 0.729. The van der Waals surface area contributed by atoms with E-state index in [1.807, 2.05) is 12.1 Å². The van der Waals surface area contributed by atoms with Gasteiger partial charge in [-0.3, -0.25) is 4.79 Å². The Morgan fingerprint density at radius 2 is 1.90 bits per heavy atom. The molecule has 0 bridgehead atoms. The van der Waals surface area contributed by atoms with Crippen LogP contribution in [0.4, 0.5) is 0 Å². The Bertz CT molecular complexity index is 441. The van der Waals surface area contributed by atoms with Gasteiger partial charge in [0.05, 0.1) is 22.0 Å². The van der Waals surface area contributed by atoms with Crippen LogP contribution < -0.4 is 15.4 Å². The van der Waals surface area contributed by atoms with Gasteiger partial charge >= 0.3 is 0 Å². The molecule has 0 saturated carbocycles. The van der Waals surface area contributed by atoms with Crippen LogP contribution in [0.1, 0.15) is 25.8 Å². The maximum Gasteiger partial charge on any atom is 0.223 e. The van der Waals surface area contributed by atoms with Crippen molar-refractivity contribution in [3.63, 3.8) is 0 Å². The van der Waals surface area contributed by atoms with E-state index in [1.165, 1.54) is 0 Å². The summed E-state index contributed by atoms with van der Waals surface area (Å²) in [5, 5.41) is 5.93. The number of nitrogens with one attached hydrogen (secondary N) is 2. The normalized spacial score (nSPS) is 10.7. The number of hydrogen-bond donors (Lipinski definition) is 2. The molecule has 0 radical (unpaired) electrons. The van der Waals surface area contributed by atoms with E-state index in [-0.39, 0.29) is 5.91 Å². The highest BCUT2D eigenvalue weighted by molar-refractivity contribution is 9.11. The summed E-state index contributed by atoms with van der Waals surface area (Å²) in [6, 6.07) is 4.49. The van der Waals surface area contributed by atoms with Crippen molar-refractivity contribution in [1.82, 2.24) is 10.6 Å². The first kappa shape index (κ1) is 17.5. The van der Waals surface area contributed by atoms with Crippen LogP contribution in [0.3, 0.4) is 0 Å². The standard InChI is InChI=1S/C14H20Br2N2O2/c1-9(2)18-8-10-6-11(15)14(12(16)7-10)20-5-4-13(19)17-3/h6-7,9,18H,4-5,8H2,1-3H3,(H,17,19). The largest absolute Gasteiger partial charge is 0.491 e. The second kappa shape index (κ2) is 8.64. The van der Waals surface area contributed by atoms with Gasteiger partial charge in [-0.25, -0.2) is 0 Å². The zero-order chi connectivity index (χ0) is 15.1. The van der Waals surface area contributed by atoms with Gasteiger partial charge in [-0.15, -0.1) is 0 Å². The lowest BCUT2D eigenvalue weighted by Crippen LogP contribution is -2.22. The average molecular weight is 408 g/mol. The topological polar surface area (TPSA) is 50.4 Å². The SMILES string of the molecule is CNC(=O)CCOc1c(Br)cc(CNC(C)C)cc1Br. The van der Waals surface area contributed by atoms with E-state index in [4.69, 9.17) is 4.74 Å². The molecule has 0 saturated heterocycles. The molecule has 4 nitrogen and oxygen atoms in total. The van der Waals surface area contributed by atoms with Crippen LogP contribution >= 0.6 is 31.9 Å². The maximum atomic E-state index is 11.2. The summed E-state index contributed by atoms with van der Waals surface area (Å²) in [5.74, 6) is 0.692. The van der Waals surface area contributed by atoms with E-state index in [9.17, 15) is 4.79 Å². The fourth-order valence-electron chi connectivity index (χ4n) is 1.55. The highest BCUT2D eigenvalue weighted by atomic mass is 79.9. The molecule has 1 aromatic carbocycles. The van der Waals surface area contributed by atoms with Gasteiger partial charge in [0.2, 0.25) is 5.91 Å². The van der Waals surface area contributed by atoms with Crippen LogP contribution in [-0.2, 0) is 11.3 Å². The van der Waals surface area contributed by atoms with E-state index >= 15 is 0 Å². The van der Waals surface area contributed by atoms with Crippen molar-refractivity contribution in [1.29, 1.82) is 0 Å². The molecule has 0 unspecified atom stereocenters. The molecule has 0 fully saturated rings. The molecule has 0 atom stereocenters. The molecule has 1 amide bonds. The fraction of sp³-hybridized carbons (Fsp3) is 0.500. The Morgan fingerprint density at radius 1 is 1.30 bits per heavy atom. The first-order chi connectivity index (χ1) is 9.43. The number of carbonyl (C=O) groups excluding carboxylic acids is 1. The van der Waals surface area contributed by atoms with E-state index in [0.717, 1.165) is 26.8 Å². The van der Waals surface area contributed by atoms with Gasteiger partial charge in [0, 0.05) is 19.6 Å². The van der Waals surface area contributed by atoms with Gasteiger partial charge in [-0.05, 0) is 49.6 Å². The van der Waals surface area contributed by atoms with Crippen molar-refractivity contribution in [3.05, 3.63) is 26.6 Å². The minimum absolute atomic E-state index is 0.0324. The van der Waals surface area contributed by atoms with E-state index in [1.54, 1.807) is 7.05 Å². The molecule has 0 aliphatic carbocycles. The van der Waals surface area contributed by atoms with Crippen LogP contribution in [-0.4, -0.2) is 25.6 Å². The second-order valence-corrected chi connectivity index (χ2v) is 6.40. The third-order valence-corrected chi connectivity index (χ3v) is 3.80. The van der Waals surface area contributed by atoms with Crippen molar-refractivity contribution in [2.75, 3.05) is 13.7 Å². The lowest BCUT2D eigenvalue weighted by molar-refractivity contribution is -0.121. The molecule has 0 heterocycles. The number of rotatable bonds is 7. The highest BCUT2D eigenvalue weighted by Crippen LogP contribution is 2.34. The Labute approximate surface area is 136 Å². The van der Waals surface area contributed by atoms with Crippen LogP contribution in [0.5, 0.6) is 5.75 Å². The summed E-state index contributed by atoms with van der Waals surface area (Å²) in [6.45, 7) is 5.37. The highest BCUT2D eigenvalue weighted by Gasteiger charge is 2.10. The Morgan fingerprint density at radius 3 is 2.40 bits per heavy atom. The third kappa shape index (κ3) is 5.81. The van der Waals surface area contributed by atoms with Crippen molar-refractivity contribution < 1.29 is 9.53 Å². The summed E-state index contributed by atoms with van der Waals surface area (Å²) >= 11 is 7.01. The molecule has 112 valence electrons. The number of benzene rings is 1. The van der Waals surface area contributed by atoms with Crippen LogP contribution in [0.2, 0.25) is 0 Å². The van der Waals surface area contributed by atoms with Crippen molar-refractivity contribution >= 4 is 37.8 Å². The molecule has 0 aliphatic rings. The number of carbonyl (C=O) groups is 1. The second-order valence-electron chi connectivity index (χ2n) is 4.70. The zero-order valence-electron chi connectivity index (χ0n) is 11.9. The van der Waals surface area contributed by atoms with Crippen LogP contribution in [0, 0.1) is 0 Å². The first-order valence-corrected chi connectivity index (χ1v) is 8.07. The van der Waals surface area contributed by atoms with E-state index in [2.05, 4.69) is 56.3 Å². The minimum Gasteiger partial charge on any atom is -0.491 e. The predicted molar refractivity (Wildman–Crippen MR) is 88.0 cm³/mol. The molecule has 1 rings (SSSR count). The molecular weight excluding hydrogens is 388 g/mol. The molecule has 6 heteroatoms. The van der Waals surface area contributed by atoms with E-state index < -0.39 is 0 Å². The summed E-state index contributed by atoms with van der Waals surface area (Å²) in [5.41, 5.74) is 1.16. The summed E-state index contributed by atoms with van der Waals surface area (Å²) < 4.78 is 7.40. The minimum atomic E-state index is -0.0324. The lowest BCUT2D eigenvalue weighted by Gasteiger charge is -2.13. The lowest BCUT2D eigenvalue weighted by atomic mass is 10.2. The van der Waals surface area contributed by atoms with Gasteiger partial charge in [0.1, 0.15) is 5.75 Å².